The molecule has 2 amide bonds. The molecule has 144 valence electrons. The Kier molecular flexibility index (Phi) is 6.44. The van der Waals surface area contributed by atoms with Gasteiger partial charge in [0.15, 0.2) is 0 Å². The number of aryl methyl sites for hydroxylation is 1. The number of rotatable bonds is 6. The highest BCUT2D eigenvalue weighted by Gasteiger charge is 2.25. The lowest BCUT2D eigenvalue weighted by molar-refractivity contribution is -0.105. The summed E-state index contributed by atoms with van der Waals surface area (Å²) in [6.07, 6.45) is 4.31. The van der Waals surface area contributed by atoms with Crippen LogP contribution in [0.4, 0.5) is 5.69 Å². The minimum Gasteiger partial charge on any atom is -0.339 e. The lowest BCUT2D eigenvalue weighted by Crippen LogP contribution is -2.38. The first kappa shape index (κ1) is 19.6. The van der Waals surface area contributed by atoms with E-state index in [9.17, 15) is 9.59 Å². The second kappa shape index (κ2) is 9.18. The van der Waals surface area contributed by atoms with Gasteiger partial charge in [-0.3, -0.25) is 9.59 Å². The number of likely N-dealkylation sites (tertiary alicyclic amines) is 1. The molecule has 28 heavy (non-hydrogen) atoms. The number of piperidine rings is 1. The number of nitrogens with zero attached hydrogens (tertiary/aromatic N) is 2. The lowest BCUT2D eigenvalue weighted by Gasteiger charge is -2.32. The molecule has 0 spiro atoms. The molecule has 2 aromatic rings. The highest BCUT2D eigenvalue weighted by atomic mass is 16.2. The summed E-state index contributed by atoms with van der Waals surface area (Å²) in [5.74, 6) is 0.422. The summed E-state index contributed by atoms with van der Waals surface area (Å²) in [7, 11) is 0. The van der Waals surface area contributed by atoms with Crippen LogP contribution in [0.25, 0.3) is 0 Å². The van der Waals surface area contributed by atoms with Gasteiger partial charge < -0.3 is 10.2 Å². The molecule has 3 rings (SSSR count). The zero-order chi connectivity index (χ0) is 19.9. The van der Waals surface area contributed by atoms with Gasteiger partial charge in [0.1, 0.15) is 0 Å². The molecule has 5 heteroatoms. The van der Waals surface area contributed by atoms with E-state index in [1.807, 2.05) is 41.3 Å². The summed E-state index contributed by atoms with van der Waals surface area (Å²) in [6.45, 7) is 3.50. The van der Waals surface area contributed by atoms with Gasteiger partial charge in [0.05, 0.1) is 11.6 Å². The van der Waals surface area contributed by atoms with Crippen molar-refractivity contribution in [2.24, 2.45) is 0 Å². The molecule has 0 aromatic heterocycles. The van der Waals surface area contributed by atoms with E-state index in [0.717, 1.165) is 36.9 Å². The van der Waals surface area contributed by atoms with Crippen molar-refractivity contribution in [2.75, 3.05) is 18.4 Å². The van der Waals surface area contributed by atoms with Crippen LogP contribution in [0.5, 0.6) is 0 Å². The van der Waals surface area contributed by atoms with Gasteiger partial charge in [0.2, 0.25) is 6.41 Å². The number of hydrogen-bond acceptors (Lipinski definition) is 3. The third-order valence-corrected chi connectivity index (χ3v) is 5.38. The molecule has 1 heterocycles. The molecule has 2 aromatic carbocycles. The summed E-state index contributed by atoms with van der Waals surface area (Å²) >= 11 is 0. The maximum absolute atomic E-state index is 12.9. The number of carbonyl (C=O) groups excluding carboxylic acids is 2. The summed E-state index contributed by atoms with van der Waals surface area (Å²) in [4.78, 5) is 25.7. The third-order valence-electron chi connectivity index (χ3n) is 5.38. The minimum absolute atomic E-state index is 0.00951. The zero-order valence-electron chi connectivity index (χ0n) is 16.1. The van der Waals surface area contributed by atoms with E-state index in [0.29, 0.717) is 36.5 Å². The van der Waals surface area contributed by atoms with Crippen LogP contribution in [0, 0.1) is 11.3 Å². The summed E-state index contributed by atoms with van der Waals surface area (Å²) in [5.41, 5.74) is 4.27. The molecule has 0 bridgehead atoms. The van der Waals surface area contributed by atoms with Gasteiger partial charge in [-0.1, -0.05) is 31.5 Å². The van der Waals surface area contributed by atoms with E-state index in [1.165, 1.54) is 5.56 Å². The molecule has 0 saturated carbocycles. The number of nitriles is 1. The van der Waals surface area contributed by atoms with Crippen LogP contribution in [-0.2, 0) is 11.2 Å². The van der Waals surface area contributed by atoms with Gasteiger partial charge >= 0.3 is 0 Å². The van der Waals surface area contributed by atoms with Crippen LogP contribution < -0.4 is 5.32 Å². The van der Waals surface area contributed by atoms with E-state index in [1.54, 1.807) is 6.07 Å². The van der Waals surface area contributed by atoms with Crippen molar-refractivity contribution < 1.29 is 9.59 Å². The Balaban J connectivity index is 1.66. The average molecular weight is 375 g/mol. The third kappa shape index (κ3) is 4.40. The highest BCUT2D eigenvalue weighted by molar-refractivity contribution is 5.96. The van der Waals surface area contributed by atoms with Gasteiger partial charge in [-0.2, -0.15) is 5.26 Å². The van der Waals surface area contributed by atoms with Crippen molar-refractivity contribution in [1.29, 1.82) is 5.26 Å². The fourth-order valence-corrected chi connectivity index (χ4v) is 3.82. The Morgan fingerprint density at radius 3 is 2.54 bits per heavy atom. The Bertz CT molecular complexity index is 876. The van der Waals surface area contributed by atoms with Crippen LogP contribution in [0.3, 0.4) is 0 Å². The zero-order valence-corrected chi connectivity index (χ0v) is 16.1. The topological polar surface area (TPSA) is 73.2 Å². The Morgan fingerprint density at radius 2 is 1.93 bits per heavy atom. The number of nitrogens with one attached hydrogen (secondary N) is 1. The monoisotopic (exact) mass is 375 g/mol. The molecule has 1 fully saturated rings. The largest absolute Gasteiger partial charge is 0.339 e. The summed E-state index contributed by atoms with van der Waals surface area (Å²) in [6, 6.07) is 15.5. The first-order valence-electron chi connectivity index (χ1n) is 9.78. The van der Waals surface area contributed by atoms with E-state index >= 15 is 0 Å². The van der Waals surface area contributed by atoms with Crippen LogP contribution in [0.15, 0.2) is 42.5 Å². The van der Waals surface area contributed by atoms with Crippen molar-refractivity contribution in [3.05, 3.63) is 64.7 Å². The molecule has 0 aliphatic carbocycles. The predicted octanol–water partition coefficient (Wildman–Crippen LogP) is 4.10. The smallest absolute Gasteiger partial charge is 0.253 e. The van der Waals surface area contributed by atoms with Crippen LogP contribution in [0.1, 0.15) is 59.2 Å². The maximum atomic E-state index is 12.9. The van der Waals surface area contributed by atoms with Crippen molar-refractivity contribution >= 4 is 18.0 Å². The standard InChI is InChI=1S/C23H25N3O2/c1-2-3-20-8-9-21(14-22(20)25-16-27)23(28)26-12-10-19(11-13-26)18-6-4-17(15-24)5-7-18/h4-9,14,16,19H,2-3,10-13H2,1H3,(H,25,27). The van der Waals surface area contributed by atoms with Crippen molar-refractivity contribution in [2.45, 2.75) is 38.5 Å². The van der Waals surface area contributed by atoms with Crippen LogP contribution >= 0.6 is 0 Å². The Hall–Kier alpha value is -3.13. The second-order valence-corrected chi connectivity index (χ2v) is 7.18. The number of hydrogen-bond donors (Lipinski definition) is 1. The summed E-state index contributed by atoms with van der Waals surface area (Å²) < 4.78 is 0. The quantitative estimate of drug-likeness (QED) is 0.773. The molecule has 0 unspecified atom stereocenters. The van der Waals surface area contributed by atoms with E-state index in [2.05, 4.69) is 18.3 Å². The molecule has 1 saturated heterocycles. The van der Waals surface area contributed by atoms with Crippen LogP contribution in [-0.4, -0.2) is 30.3 Å². The number of carbonyl (C=O) groups is 2. The van der Waals surface area contributed by atoms with E-state index in [4.69, 9.17) is 5.26 Å². The molecule has 0 atom stereocenters. The summed E-state index contributed by atoms with van der Waals surface area (Å²) in [5, 5.41) is 11.6. The molecular weight excluding hydrogens is 350 g/mol. The van der Waals surface area contributed by atoms with Gasteiger partial charge in [0.25, 0.3) is 5.91 Å². The van der Waals surface area contributed by atoms with Gasteiger partial charge in [-0.05, 0) is 60.6 Å². The van der Waals surface area contributed by atoms with E-state index in [-0.39, 0.29) is 5.91 Å². The van der Waals surface area contributed by atoms with Crippen molar-refractivity contribution in [1.82, 2.24) is 4.90 Å². The lowest BCUT2D eigenvalue weighted by atomic mass is 9.89. The maximum Gasteiger partial charge on any atom is 0.253 e. The SMILES string of the molecule is CCCc1ccc(C(=O)N2CCC(c3ccc(C#N)cc3)CC2)cc1NC=O. The fraction of sp³-hybridized carbons (Fsp3) is 0.348. The number of benzene rings is 2. The Morgan fingerprint density at radius 1 is 1.21 bits per heavy atom. The molecule has 1 aliphatic rings. The number of amides is 2. The number of anilines is 1. The fourth-order valence-electron chi connectivity index (χ4n) is 3.82. The average Bonchev–Trinajstić information content (AvgIpc) is 2.75. The first-order valence-corrected chi connectivity index (χ1v) is 9.78. The van der Waals surface area contributed by atoms with E-state index < -0.39 is 0 Å². The molecule has 1 N–H and O–H groups in total. The molecule has 1 aliphatic heterocycles. The minimum atomic E-state index is 0.00951. The normalized spacial score (nSPS) is 14.4. The first-order chi connectivity index (χ1) is 13.7. The van der Waals surface area contributed by atoms with Gasteiger partial charge in [-0.15, -0.1) is 0 Å². The Labute approximate surface area is 166 Å². The molecule has 5 nitrogen and oxygen atoms in total. The molecule has 0 radical (unpaired) electrons. The van der Waals surface area contributed by atoms with Crippen molar-refractivity contribution in [3.63, 3.8) is 0 Å². The van der Waals surface area contributed by atoms with Crippen molar-refractivity contribution in [3.8, 4) is 6.07 Å². The predicted molar refractivity (Wildman–Crippen MR) is 109 cm³/mol. The molecular formula is C23H25N3O2. The highest BCUT2D eigenvalue weighted by Crippen LogP contribution is 2.29. The second-order valence-electron chi connectivity index (χ2n) is 7.18. The van der Waals surface area contributed by atoms with Gasteiger partial charge in [0, 0.05) is 24.3 Å². The van der Waals surface area contributed by atoms with Gasteiger partial charge in [-0.25, -0.2) is 0 Å². The van der Waals surface area contributed by atoms with Crippen LogP contribution in [0.2, 0.25) is 0 Å².